The van der Waals surface area contributed by atoms with Crippen molar-refractivity contribution in [2.75, 3.05) is 19.6 Å². The van der Waals surface area contributed by atoms with Crippen molar-refractivity contribution in [1.29, 1.82) is 0 Å². The van der Waals surface area contributed by atoms with Gasteiger partial charge in [0.15, 0.2) is 0 Å². The average Bonchev–Trinajstić information content (AvgIpc) is 3.38. The fraction of sp³-hybridized carbons (Fsp3) is 0.412. The topological polar surface area (TPSA) is 109 Å². The van der Waals surface area contributed by atoms with Gasteiger partial charge >= 0.3 is 6.09 Å². The quantitative estimate of drug-likeness (QED) is 0.284. The van der Waals surface area contributed by atoms with Gasteiger partial charge in [-0.25, -0.2) is 17.9 Å². The zero-order chi connectivity index (χ0) is 31.1. The molecule has 2 amide bonds. The summed E-state index contributed by atoms with van der Waals surface area (Å²) in [6, 6.07) is 21.8. The van der Waals surface area contributed by atoms with Crippen LogP contribution >= 0.6 is 0 Å². The number of hydrogen-bond donors (Lipinski definition) is 1. The summed E-state index contributed by atoms with van der Waals surface area (Å²) in [4.78, 5) is 30.5. The van der Waals surface area contributed by atoms with Crippen LogP contribution in [-0.2, 0) is 19.6 Å². The summed E-state index contributed by atoms with van der Waals surface area (Å²) in [5.41, 5.74) is 1.61. The zero-order valence-corrected chi connectivity index (χ0v) is 26.2. The molecule has 2 heterocycles. The molecule has 0 spiro atoms. The smallest absolute Gasteiger partial charge is 0.410 e. The van der Waals surface area contributed by atoms with Gasteiger partial charge in [-0.3, -0.25) is 4.79 Å². The van der Waals surface area contributed by atoms with Crippen molar-refractivity contribution in [3.63, 3.8) is 0 Å². The average molecular weight is 618 g/mol. The van der Waals surface area contributed by atoms with Gasteiger partial charge in [-0.2, -0.15) is 0 Å². The predicted molar refractivity (Wildman–Crippen MR) is 168 cm³/mol. The molecule has 2 fully saturated rings. The first-order valence-electron chi connectivity index (χ1n) is 15.3. The van der Waals surface area contributed by atoms with E-state index in [9.17, 15) is 18.0 Å². The van der Waals surface area contributed by atoms with E-state index in [1.54, 1.807) is 23.1 Å². The number of nitrogens with zero attached hydrogens (tertiary/aromatic N) is 2. The van der Waals surface area contributed by atoms with Gasteiger partial charge in [-0.15, -0.1) is 0 Å². The third-order valence-corrected chi connectivity index (χ3v) is 10.1. The number of benzene rings is 3. The zero-order valence-electron chi connectivity index (χ0n) is 25.4. The Labute approximate surface area is 258 Å². The second-order valence-electron chi connectivity index (χ2n) is 12.8. The summed E-state index contributed by atoms with van der Waals surface area (Å²) in [7, 11) is -3.77. The predicted octanol–water partition coefficient (Wildman–Crippen LogP) is 6.24. The minimum absolute atomic E-state index is 0.0549. The Hall–Kier alpha value is -3.89. The monoisotopic (exact) mass is 617 g/mol. The Morgan fingerprint density at radius 2 is 1.55 bits per heavy atom. The summed E-state index contributed by atoms with van der Waals surface area (Å²) in [5.74, 6) is -0.152. The molecule has 4 aromatic rings. The minimum atomic E-state index is -3.77. The van der Waals surface area contributed by atoms with Crippen LogP contribution in [0, 0.1) is 5.92 Å². The second-order valence-corrected chi connectivity index (χ2v) is 14.5. The molecule has 1 aliphatic carbocycles. The standard InChI is InChI=1S/C34H39N3O6S/c1-34(2,3)43-33(39)36-19-20-37(29(22-36)23-9-5-4-6-10-23)32(38)24-13-15-25(16-14-24)35-44(40,41)26-17-18-28-27-11-7-8-12-30(27)42-31(28)21-26/h4-12,17-18,21,24-25,29,35H,13-16,19-20,22H2,1-3H3/t24?,25?,29-/m1/s1. The normalized spacial score (nSPS) is 21.5. The maximum absolute atomic E-state index is 13.9. The molecular formula is C34H39N3O6S. The molecule has 1 atom stereocenters. The SMILES string of the molecule is CC(C)(C)OC(=O)N1CCN(C(=O)C2CCC(NS(=O)(=O)c3ccc4c(c3)oc3ccccc34)CC2)[C@@H](c2ccccc2)C1. The lowest BCUT2D eigenvalue weighted by atomic mass is 9.85. The summed E-state index contributed by atoms with van der Waals surface area (Å²) in [6.07, 6.45) is 1.93. The molecule has 9 nitrogen and oxygen atoms in total. The van der Waals surface area contributed by atoms with E-state index in [1.807, 2.05) is 80.3 Å². The van der Waals surface area contributed by atoms with E-state index >= 15 is 0 Å². The van der Waals surface area contributed by atoms with Gasteiger partial charge in [0, 0.05) is 48.4 Å². The lowest BCUT2D eigenvalue weighted by Gasteiger charge is -2.43. The van der Waals surface area contributed by atoms with Crippen molar-refractivity contribution in [1.82, 2.24) is 14.5 Å². The molecule has 1 aliphatic heterocycles. The van der Waals surface area contributed by atoms with Crippen LogP contribution in [0.15, 0.2) is 82.1 Å². The van der Waals surface area contributed by atoms with Crippen molar-refractivity contribution >= 4 is 44.0 Å². The molecule has 1 saturated heterocycles. The second kappa shape index (κ2) is 11.9. The Bertz CT molecular complexity index is 1770. The minimum Gasteiger partial charge on any atom is -0.456 e. The van der Waals surface area contributed by atoms with E-state index < -0.39 is 15.6 Å². The number of rotatable bonds is 5. The van der Waals surface area contributed by atoms with Crippen LogP contribution < -0.4 is 4.72 Å². The number of amides is 2. The molecule has 1 aromatic heterocycles. The number of carbonyl (C=O) groups is 2. The molecule has 10 heteroatoms. The number of ether oxygens (including phenoxy) is 1. The fourth-order valence-electron chi connectivity index (χ4n) is 6.35. The van der Waals surface area contributed by atoms with Gasteiger partial charge in [-0.1, -0.05) is 48.5 Å². The molecule has 44 heavy (non-hydrogen) atoms. The highest BCUT2D eigenvalue weighted by molar-refractivity contribution is 7.89. The van der Waals surface area contributed by atoms with Crippen molar-refractivity contribution < 1.29 is 27.2 Å². The maximum Gasteiger partial charge on any atom is 0.410 e. The van der Waals surface area contributed by atoms with E-state index in [-0.39, 0.29) is 34.9 Å². The first-order valence-corrected chi connectivity index (χ1v) is 16.7. The third-order valence-electron chi connectivity index (χ3n) is 8.56. The van der Waals surface area contributed by atoms with Gasteiger partial charge in [0.2, 0.25) is 15.9 Å². The third kappa shape index (κ3) is 6.32. The molecule has 2 aliphatic rings. The molecular weight excluding hydrogens is 578 g/mol. The molecule has 6 rings (SSSR count). The van der Waals surface area contributed by atoms with E-state index in [0.29, 0.717) is 56.5 Å². The lowest BCUT2D eigenvalue weighted by Crippen LogP contribution is -2.54. The summed E-state index contributed by atoms with van der Waals surface area (Å²) >= 11 is 0. The van der Waals surface area contributed by atoms with Gasteiger partial charge in [0.25, 0.3) is 0 Å². The number of piperazine rings is 1. The fourth-order valence-corrected chi connectivity index (χ4v) is 7.67. The van der Waals surface area contributed by atoms with Gasteiger partial charge < -0.3 is 19.0 Å². The van der Waals surface area contributed by atoms with Crippen LogP contribution in [-0.4, -0.2) is 61.5 Å². The van der Waals surface area contributed by atoms with E-state index in [0.717, 1.165) is 16.3 Å². The molecule has 0 bridgehead atoms. The van der Waals surface area contributed by atoms with Gasteiger partial charge in [-0.05, 0) is 70.2 Å². The van der Waals surface area contributed by atoms with Crippen molar-refractivity contribution in [3.8, 4) is 0 Å². The van der Waals surface area contributed by atoms with Crippen molar-refractivity contribution in [3.05, 3.63) is 78.4 Å². The molecule has 1 saturated carbocycles. The van der Waals surface area contributed by atoms with Gasteiger partial charge in [0.05, 0.1) is 10.9 Å². The Morgan fingerprint density at radius 3 is 2.27 bits per heavy atom. The lowest BCUT2D eigenvalue weighted by molar-refractivity contribution is -0.142. The highest BCUT2D eigenvalue weighted by Gasteiger charge is 2.39. The first-order chi connectivity index (χ1) is 21.0. The van der Waals surface area contributed by atoms with Crippen molar-refractivity contribution in [2.45, 2.75) is 69.0 Å². The number of fused-ring (bicyclic) bond motifs is 3. The van der Waals surface area contributed by atoms with Crippen molar-refractivity contribution in [2.24, 2.45) is 5.92 Å². The number of furan rings is 1. The first kappa shape index (κ1) is 30.1. The molecule has 1 N–H and O–H groups in total. The van der Waals surface area contributed by atoms with Crippen LogP contribution in [0.25, 0.3) is 21.9 Å². The largest absolute Gasteiger partial charge is 0.456 e. The number of nitrogens with one attached hydrogen (secondary N) is 1. The van der Waals surface area contributed by atoms with Crippen LogP contribution in [0.1, 0.15) is 58.1 Å². The highest BCUT2D eigenvalue weighted by Crippen LogP contribution is 2.34. The molecule has 0 unspecified atom stereocenters. The Balaban J connectivity index is 1.11. The summed E-state index contributed by atoms with van der Waals surface area (Å²) in [5, 5.41) is 1.82. The van der Waals surface area contributed by atoms with Crippen LogP contribution in [0.4, 0.5) is 4.79 Å². The Kier molecular flexibility index (Phi) is 8.15. The van der Waals surface area contributed by atoms with E-state index in [4.69, 9.17) is 9.15 Å². The number of para-hydroxylation sites is 1. The van der Waals surface area contributed by atoms with Crippen LogP contribution in [0.5, 0.6) is 0 Å². The van der Waals surface area contributed by atoms with Gasteiger partial charge in [0.1, 0.15) is 16.8 Å². The number of hydrogen-bond acceptors (Lipinski definition) is 6. The van der Waals surface area contributed by atoms with Crippen LogP contribution in [0.3, 0.4) is 0 Å². The van der Waals surface area contributed by atoms with E-state index in [1.165, 1.54) is 0 Å². The number of sulfonamides is 1. The van der Waals surface area contributed by atoms with E-state index in [2.05, 4.69) is 4.72 Å². The maximum atomic E-state index is 13.9. The van der Waals surface area contributed by atoms with Crippen LogP contribution in [0.2, 0.25) is 0 Å². The summed E-state index contributed by atoms with van der Waals surface area (Å²) < 4.78 is 41.0. The number of carbonyl (C=O) groups excluding carboxylic acids is 2. The molecule has 0 radical (unpaired) electrons. The summed E-state index contributed by atoms with van der Waals surface area (Å²) in [6.45, 7) is 6.69. The molecule has 3 aromatic carbocycles. The Morgan fingerprint density at radius 1 is 0.864 bits per heavy atom. The molecule has 232 valence electrons. The highest BCUT2D eigenvalue weighted by atomic mass is 32.2.